The van der Waals surface area contributed by atoms with Crippen LogP contribution in [0.2, 0.25) is 5.02 Å². The Morgan fingerprint density at radius 2 is 1.88 bits per heavy atom. The number of ether oxygens (including phenoxy) is 1. The molecule has 0 aromatic heterocycles. The predicted molar refractivity (Wildman–Crippen MR) is 90.3 cm³/mol. The van der Waals surface area contributed by atoms with E-state index in [0.29, 0.717) is 22.0 Å². The average Bonchev–Trinajstić information content (AvgIpc) is 2.59. The molecule has 2 amide bonds. The van der Waals surface area contributed by atoms with E-state index in [1.807, 2.05) is 0 Å². The minimum atomic E-state index is -4.95. The van der Waals surface area contributed by atoms with Crippen LogP contribution >= 0.6 is 11.6 Å². The highest BCUT2D eigenvalue weighted by molar-refractivity contribution is 6.31. The molecule has 0 unspecified atom stereocenters. The quantitative estimate of drug-likeness (QED) is 0.821. The van der Waals surface area contributed by atoms with E-state index in [1.165, 1.54) is 25.3 Å². The van der Waals surface area contributed by atoms with Gasteiger partial charge in [-0.25, -0.2) is 0 Å². The van der Waals surface area contributed by atoms with Gasteiger partial charge in [0.25, 0.3) is 5.91 Å². The van der Waals surface area contributed by atoms with Crippen LogP contribution in [0.4, 0.5) is 18.9 Å². The first-order chi connectivity index (χ1) is 12.2. The SMILES string of the molecule is COc1ccc(Cl)cc1C(=O)Nc1cccc(CNC(=O)C(F)(F)F)c1. The van der Waals surface area contributed by atoms with Gasteiger partial charge in [-0.1, -0.05) is 23.7 Å². The summed E-state index contributed by atoms with van der Waals surface area (Å²) in [5.74, 6) is -2.21. The Kier molecular flexibility index (Phi) is 6.10. The second-order valence-electron chi connectivity index (χ2n) is 5.18. The number of carbonyl (C=O) groups excluding carboxylic acids is 2. The van der Waals surface area contributed by atoms with E-state index in [9.17, 15) is 22.8 Å². The minimum Gasteiger partial charge on any atom is -0.496 e. The van der Waals surface area contributed by atoms with Gasteiger partial charge in [0.1, 0.15) is 5.75 Å². The summed E-state index contributed by atoms with van der Waals surface area (Å²) < 4.78 is 41.7. The number of rotatable bonds is 5. The number of amides is 2. The third-order valence-electron chi connectivity index (χ3n) is 3.30. The van der Waals surface area contributed by atoms with Crippen molar-refractivity contribution in [1.82, 2.24) is 5.32 Å². The van der Waals surface area contributed by atoms with Crippen LogP contribution in [0.3, 0.4) is 0 Å². The zero-order valence-electron chi connectivity index (χ0n) is 13.5. The number of carbonyl (C=O) groups is 2. The van der Waals surface area contributed by atoms with Crippen molar-refractivity contribution in [3.05, 3.63) is 58.6 Å². The molecule has 5 nitrogen and oxygen atoms in total. The molecule has 0 bridgehead atoms. The molecular formula is C17H14ClF3N2O3. The maximum Gasteiger partial charge on any atom is 0.471 e. The standard InChI is InChI=1S/C17H14ClF3N2O3/c1-26-14-6-5-11(18)8-13(14)15(24)23-12-4-2-3-10(7-12)9-22-16(25)17(19,20)21/h2-8H,9H2,1H3,(H,22,25)(H,23,24). The fraction of sp³-hybridized carbons (Fsp3) is 0.176. The molecule has 0 aliphatic carbocycles. The number of benzene rings is 2. The number of halogens is 4. The van der Waals surface area contributed by atoms with Crippen LogP contribution in [0, 0.1) is 0 Å². The molecule has 0 saturated heterocycles. The normalized spacial score (nSPS) is 11.0. The Morgan fingerprint density at radius 3 is 2.54 bits per heavy atom. The van der Waals surface area contributed by atoms with Gasteiger partial charge in [0.15, 0.2) is 0 Å². The average molecular weight is 387 g/mol. The van der Waals surface area contributed by atoms with E-state index in [-0.39, 0.29) is 12.1 Å². The Labute approximate surface area is 152 Å². The van der Waals surface area contributed by atoms with Crippen LogP contribution in [0.25, 0.3) is 0 Å². The molecule has 26 heavy (non-hydrogen) atoms. The molecule has 0 radical (unpaired) electrons. The number of anilines is 1. The Hall–Kier alpha value is -2.74. The van der Waals surface area contributed by atoms with Crippen LogP contribution in [-0.4, -0.2) is 25.1 Å². The van der Waals surface area contributed by atoms with Crippen molar-refractivity contribution in [2.75, 3.05) is 12.4 Å². The zero-order chi connectivity index (χ0) is 19.3. The van der Waals surface area contributed by atoms with Crippen LogP contribution in [-0.2, 0) is 11.3 Å². The van der Waals surface area contributed by atoms with Gasteiger partial charge in [-0.2, -0.15) is 13.2 Å². The largest absolute Gasteiger partial charge is 0.496 e. The first-order valence-corrected chi connectivity index (χ1v) is 7.67. The minimum absolute atomic E-state index is 0.204. The molecule has 2 aromatic rings. The summed E-state index contributed by atoms with van der Waals surface area (Å²) in [6.07, 6.45) is -4.95. The van der Waals surface area contributed by atoms with Gasteiger partial charge in [0.05, 0.1) is 12.7 Å². The lowest BCUT2D eigenvalue weighted by molar-refractivity contribution is -0.173. The van der Waals surface area contributed by atoms with Crippen molar-refractivity contribution in [2.24, 2.45) is 0 Å². The van der Waals surface area contributed by atoms with Crippen molar-refractivity contribution in [3.63, 3.8) is 0 Å². The highest BCUT2D eigenvalue weighted by Crippen LogP contribution is 2.24. The second-order valence-corrected chi connectivity index (χ2v) is 5.62. The maximum absolute atomic E-state index is 12.4. The van der Waals surface area contributed by atoms with Crippen molar-refractivity contribution in [3.8, 4) is 5.75 Å². The van der Waals surface area contributed by atoms with E-state index in [0.717, 1.165) is 0 Å². The van der Waals surface area contributed by atoms with E-state index >= 15 is 0 Å². The summed E-state index contributed by atoms with van der Waals surface area (Å²) in [6.45, 7) is -0.331. The molecule has 0 saturated carbocycles. The molecule has 9 heteroatoms. The van der Waals surface area contributed by atoms with Crippen LogP contribution < -0.4 is 15.4 Å². The number of hydrogen-bond acceptors (Lipinski definition) is 3. The third kappa shape index (κ3) is 5.13. The topological polar surface area (TPSA) is 67.4 Å². The summed E-state index contributed by atoms with van der Waals surface area (Å²) in [7, 11) is 1.41. The molecule has 0 spiro atoms. The summed E-state index contributed by atoms with van der Waals surface area (Å²) in [4.78, 5) is 23.2. The second kappa shape index (κ2) is 8.09. The summed E-state index contributed by atoms with van der Waals surface area (Å²) >= 11 is 5.89. The molecule has 0 heterocycles. The molecule has 2 rings (SSSR count). The van der Waals surface area contributed by atoms with Crippen LogP contribution in [0.5, 0.6) is 5.75 Å². The molecule has 0 fully saturated rings. The van der Waals surface area contributed by atoms with Gasteiger partial charge in [-0.05, 0) is 35.9 Å². The molecule has 2 N–H and O–H groups in total. The van der Waals surface area contributed by atoms with Crippen molar-refractivity contribution >= 4 is 29.1 Å². The van der Waals surface area contributed by atoms with Gasteiger partial charge < -0.3 is 15.4 Å². The van der Waals surface area contributed by atoms with Gasteiger partial charge in [-0.15, -0.1) is 0 Å². The first-order valence-electron chi connectivity index (χ1n) is 7.29. The van der Waals surface area contributed by atoms with Crippen molar-refractivity contribution in [2.45, 2.75) is 12.7 Å². The van der Waals surface area contributed by atoms with E-state index in [1.54, 1.807) is 29.6 Å². The zero-order valence-corrected chi connectivity index (χ0v) is 14.2. The van der Waals surface area contributed by atoms with E-state index in [4.69, 9.17) is 16.3 Å². The van der Waals surface area contributed by atoms with Gasteiger partial charge in [0.2, 0.25) is 0 Å². The Bertz CT molecular complexity index is 825. The smallest absolute Gasteiger partial charge is 0.471 e. The number of nitrogens with one attached hydrogen (secondary N) is 2. The van der Waals surface area contributed by atoms with Crippen molar-refractivity contribution < 1.29 is 27.5 Å². The fourth-order valence-corrected chi connectivity index (χ4v) is 2.27. The monoisotopic (exact) mass is 386 g/mol. The first kappa shape index (κ1) is 19.6. The van der Waals surface area contributed by atoms with Gasteiger partial charge >= 0.3 is 12.1 Å². The fourth-order valence-electron chi connectivity index (χ4n) is 2.10. The van der Waals surface area contributed by atoms with Crippen LogP contribution in [0.1, 0.15) is 15.9 Å². The molecule has 0 atom stereocenters. The molecule has 138 valence electrons. The van der Waals surface area contributed by atoms with Crippen LogP contribution in [0.15, 0.2) is 42.5 Å². The number of hydrogen-bond donors (Lipinski definition) is 2. The molecule has 0 aliphatic heterocycles. The lowest BCUT2D eigenvalue weighted by atomic mass is 10.1. The lowest BCUT2D eigenvalue weighted by Gasteiger charge is -2.11. The molecule has 2 aromatic carbocycles. The van der Waals surface area contributed by atoms with Gasteiger partial charge in [0, 0.05) is 17.3 Å². The van der Waals surface area contributed by atoms with Gasteiger partial charge in [-0.3, -0.25) is 9.59 Å². The highest BCUT2D eigenvalue weighted by atomic mass is 35.5. The van der Waals surface area contributed by atoms with E-state index < -0.39 is 18.0 Å². The Balaban J connectivity index is 2.10. The highest BCUT2D eigenvalue weighted by Gasteiger charge is 2.38. The van der Waals surface area contributed by atoms with Crippen molar-refractivity contribution in [1.29, 1.82) is 0 Å². The number of alkyl halides is 3. The Morgan fingerprint density at radius 1 is 1.15 bits per heavy atom. The summed E-state index contributed by atoms with van der Waals surface area (Å²) in [5, 5.41) is 4.72. The summed E-state index contributed by atoms with van der Waals surface area (Å²) in [5.41, 5.74) is 0.935. The molecular weight excluding hydrogens is 373 g/mol. The number of methoxy groups -OCH3 is 1. The summed E-state index contributed by atoms with van der Waals surface area (Å²) in [6, 6.07) is 10.6. The molecule has 0 aliphatic rings. The predicted octanol–water partition coefficient (Wildman–Crippen LogP) is 3.78. The maximum atomic E-state index is 12.4. The third-order valence-corrected chi connectivity index (χ3v) is 3.54. The lowest BCUT2D eigenvalue weighted by Crippen LogP contribution is -2.36. The van der Waals surface area contributed by atoms with E-state index in [2.05, 4.69) is 5.32 Å².